The van der Waals surface area contributed by atoms with E-state index in [1.807, 2.05) is 13.8 Å². The van der Waals surface area contributed by atoms with Gasteiger partial charge in [-0.3, -0.25) is 62.3 Å². The molecular formula is C75H109I3N2O35. The Morgan fingerprint density at radius 2 is 0.635 bits per heavy atom. The second-order valence-electron chi connectivity index (χ2n) is 27.7. The van der Waals surface area contributed by atoms with E-state index in [1.54, 1.807) is 62.4 Å². The van der Waals surface area contributed by atoms with Crippen molar-refractivity contribution in [2.45, 2.75) is 276 Å². The molecule has 0 radical (unpaired) electrons. The van der Waals surface area contributed by atoms with Gasteiger partial charge in [0.2, 0.25) is 11.8 Å². The smallest absolute Gasteiger partial charge is 0.305 e. The van der Waals surface area contributed by atoms with E-state index >= 15 is 0 Å². The summed E-state index contributed by atoms with van der Waals surface area (Å²) in [6.45, 7) is 15.1. The van der Waals surface area contributed by atoms with Gasteiger partial charge in [-0.2, -0.15) is 0 Å². The van der Waals surface area contributed by atoms with Crippen molar-refractivity contribution in [1.29, 1.82) is 0 Å². The number of amides is 2. The van der Waals surface area contributed by atoms with Crippen molar-refractivity contribution in [3.8, 4) is 0 Å². The highest BCUT2D eigenvalue weighted by Crippen LogP contribution is 2.37. The van der Waals surface area contributed by atoms with Gasteiger partial charge in [-0.25, -0.2) is 0 Å². The molecule has 5 aliphatic heterocycles. The van der Waals surface area contributed by atoms with Crippen molar-refractivity contribution in [2.75, 3.05) is 37.1 Å². The van der Waals surface area contributed by atoms with Gasteiger partial charge in [0.25, 0.3) is 0 Å². The number of carboxylic acid groups (broad SMARTS) is 1. The number of ketones is 2. The Kier molecular flexibility index (Phi) is 46.6. The second-order valence-corrected chi connectivity index (χ2v) is 27.7. The highest BCUT2D eigenvalue weighted by atomic mass is 128. The third kappa shape index (κ3) is 33.4. The first-order chi connectivity index (χ1) is 53.1. The monoisotopic (exact) mass is 1980 g/mol. The maximum atomic E-state index is 13.2. The Morgan fingerprint density at radius 1 is 0.365 bits per heavy atom. The summed E-state index contributed by atoms with van der Waals surface area (Å²) in [5.74, 6) is -8.75. The largest absolute Gasteiger partial charge is 0.481 e. The summed E-state index contributed by atoms with van der Waals surface area (Å²) in [7, 11) is 0. The van der Waals surface area contributed by atoms with Gasteiger partial charge in [-0.05, 0) is 41.8 Å². The van der Waals surface area contributed by atoms with E-state index in [9.17, 15) is 103 Å². The zero-order valence-corrected chi connectivity index (χ0v) is 71.5. The molecule has 2 aromatic rings. The standard InChI is InChI=1S/C36H49NO14.C23H33NO12.C15H22O9.CH4.I2.HI/c1-9-28-18(2)33(46-21(5)39)35(48-23(7)41)30(50-28)15-27(43)14-25-10-12-26(13-11-25)37-32(44)16-29-19(3)34(47-22(6)40)36(49-24(8)42)31(51-29)17-45-20(4)38;25-8-15-20(31)22(33)18(29)13(35-15)6-12(27)5-10-1-3-11(4-2-10)24-17(28)7-14-19(30)23(34)21(32)16(9-26)36-14;1-7-11(5-13(19)20)24-12(6-21-8(2)16)15(23-10(4)18)14(7)22-9(3)17;;1-2;/h10-13,18-19,28-31,33-36H,9,14-17H2,1-8H3,(H,37,44);1-4,13-16,18-23,25-26,29-34H,5-9H2,(H,24,28);7,11-12,14-15H,5-6H2,1-4H3,(H,19,20);1H4;;1H/t18-,19-,28-,29-,30-,31-,33+,34-,35-,36-;13-,14-,15-,16-,18-,19-,20-,21-,22-,23-;7-,11-,12-,14-,15-;;;/m111.../s1. The fraction of sp³-hybridized carbons (Fsp3) is 0.667. The van der Waals surface area contributed by atoms with Gasteiger partial charge in [0.1, 0.15) is 110 Å². The molecule has 0 bridgehead atoms. The minimum atomic E-state index is -1.58. The zero-order chi connectivity index (χ0) is 85.0. The molecule has 7 rings (SSSR count). The number of esters is 8. The number of aliphatic hydroxyl groups is 8. The number of hydrogen-bond acceptors (Lipinski definition) is 34. The Hall–Kier alpha value is -6.38. The van der Waals surface area contributed by atoms with Gasteiger partial charge in [0, 0.05) is 147 Å². The Bertz CT molecular complexity index is 3410. The molecule has 0 saturated carbocycles. The number of aliphatic carboxylic acids is 1. The predicted octanol–water partition coefficient (Wildman–Crippen LogP) is 2.54. The van der Waals surface area contributed by atoms with E-state index in [0.29, 0.717) is 28.9 Å². The van der Waals surface area contributed by atoms with E-state index in [1.165, 1.54) is 55.4 Å². The van der Waals surface area contributed by atoms with Gasteiger partial charge in [-0.15, -0.1) is 24.0 Å². The van der Waals surface area contributed by atoms with Crippen molar-refractivity contribution < 1.29 is 170 Å². The summed E-state index contributed by atoms with van der Waals surface area (Å²) >= 11 is 4.24. The minimum absolute atomic E-state index is 0. The van der Waals surface area contributed by atoms with Crippen LogP contribution < -0.4 is 10.6 Å². The van der Waals surface area contributed by atoms with Gasteiger partial charge in [0.05, 0.1) is 63.0 Å². The summed E-state index contributed by atoms with van der Waals surface area (Å²) < 4.78 is 70.9. The lowest BCUT2D eigenvalue weighted by molar-refractivity contribution is -0.232. The number of carbonyl (C=O) groups excluding carboxylic acids is 12. The summed E-state index contributed by atoms with van der Waals surface area (Å²) in [4.78, 5) is 155. The molecule has 5 saturated heterocycles. The number of anilines is 2. The molecule has 2 aromatic carbocycles. The molecular weight excluding hydrogens is 1870 g/mol. The highest BCUT2D eigenvalue weighted by molar-refractivity contribution is 15.0. The van der Waals surface area contributed by atoms with Crippen molar-refractivity contribution in [2.24, 2.45) is 17.8 Å². The Morgan fingerprint density at radius 3 is 0.948 bits per heavy atom. The van der Waals surface area contributed by atoms with E-state index in [0.717, 1.165) is 0 Å². The number of benzene rings is 2. The summed E-state index contributed by atoms with van der Waals surface area (Å²) in [6, 6.07) is 12.9. The van der Waals surface area contributed by atoms with Crippen LogP contribution in [0.25, 0.3) is 0 Å². The molecule has 5 aliphatic rings. The van der Waals surface area contributed by atoms with Crippen molar-refractivity contribution in [1.82, 2.24) is 0 Å². The van der Waals surface area contributed by atoms with Gasteiger partial charge >= 0.3 is 53.7 Å². The third-order valence-corrected chi connectivity index (χ3v) is 18.8. The fourth-order valence-corrected chi connectivity index (χ4v) is 13.4. The average Bonchev–Trinajstić information content (AvgIpc) is 0.801. The number of carboxylic acids is 1. The van der Waals surface area contributed by atoms with Crippen LogP contribution in [0.15, 0.2) is 48.5 Å². The van der Waals surface area contributed by atoms with Crippen LogP contribution in [0.2, 0.25) is 0 Å². The minimum Gasteiger partial charge on any atom is -0.481 e. The topological polar surface area (TPSA) is 548 Å². The second kappa shape index (κ2) is 51.2. The number of halogens is 3. The van der Waals surface area contributed by atoms with E-state index in [2.05, 4.69) is 47.9 Å². The zero-order valence-electron chi connectivity index (χ0n) is 64.8. The summed E-state index contributed by atoms with van der Waals surface area (Å²) in [5, 5.41) is 92.3. The number of nitrogens with one attached hydrogen (secondary N) is 2. The molecule has 0 unspecified atom stereocenters. The Balaban J connectivity index is 0.000000612. The predicted molar refractivity (Wildman–Crippen MR) is 426 cm³/mol. The van der Waals surface area contributed by atoms with Gasteiger partial charge in [0.15, 0.2) is 18.3 Å². The SMILES string of the molecule is C.CC(=O)OC[C@H]1O[C@H](CC(=O)O)[C@@H](C)[C@@H](OC(C)=O)[C@@H]1OC(C)=O.CC[C@H]1O[C@H](CC(=O)Cc2ccc(NC(=O)C[C@H]3O[C@H](COC(C)=O)[C@@H](OC(C)=O)[C@H](OC(C)=O)[C@@H]3C)cc2)[C@@H](OC(C)=O)[C@@H](OC(C)=O)[C@@H]1C.I.II.O=C(Cc1ccc(NC(=O)C[C@H]2O[C@H](CO)[C@@H](O)[C@H](O)[C@@H]2O)cc1)C[C@H]1O[C@H](CO)[C@@H](O)[C@H](O)[C@@H]1O. The quantitative estimate of drug-likeness (QED) is 0.0317. The summed E-state index contributed by atoms with van der Waals surface area (Å²) in [5.41, 5.74) is 2.08. The van der Waals surface area contributed by atoms with Crippen molar-refractivity contribution in [3.05, 3.63) is 59.7 Å². The first-order valence-electron chi connectivity index (χ1n) is 36.2. The molecule has 650 valence electrons. The molecule has 0 spiro atoms. The lowest BCUT2D eigenvalue weighted by Gasteiger charge is -2.44. The van der Waals surface area contributed by atoms with Crippen molar-refractivity contribution >= 4 is 150 Å². The number of ether oxygens (including phenoxy) is 13. The van der Waals surface area contributed by atoms with E-state index in [4.69, 9.17) is 66.7 Å². The molecule has 115 heavy (non-hydrogen) atoms. The first kappa shape index (κ1) is 105. The van der Waals surface area contributed by atoms with E-state index in [-0.39, 0.29) is 113 Å². The molecule has 5 fully saturated rings. The molecule has 40 heteroatoms. The maximum absolute atomic E-state index is 13.2. The van der Waals surface area contributed by atoms with Gasteiger partial charge < -0.3 is 118 Å². The van der Waals surface area contributed by atoms with Crippen LogP contribution in [0, 0.1) is 17.8 Å². The van der Waals surface area contributed by atoms with Crippen LogP contribution >= 0.6 is 61.2 Å². The normalized spacial score (nSPS) is 30.5. The number of rotatable bonds is 29. The fourth-order valence-electron chi connectivity index (χ4n) is 13.4. The molecule has 5 heterocycles. The summed E-state index contributed by atoms with van der Waals surface area (Å²) in [6.07, 6.45) is -24.5. The van der Waals surface area contributed by atoms with Crippen LogP contribution in [0.5, 0.6) is 0 Å². The number of Topliss-reactive ketones (excluding diaryl/α,β-unsaturated/α-hetero) is 2. The van der Waals surface area contributed by atoms with Crippen LogP contribution in [0.3, 0.4) is 0 Å². The Labute approximate surface area is 705 Å². The lowest BCUT2D eigenvalue weighted by Crippen LogP contribution is -2.59. The van der Waals surface area contributed by atoms with Crippen molar-refractivity contribution in [3.63, 3.8) is 0 Å². The van der Waals surface area contributed by atoms with Crippen LogP contribution in [0.1, 0.15) is 140 Å². The lowest BCUT2D eigenvalue weighted by atomic mass is 9.84. The highest BCUT2D eigenvalue weighted by Gasteiger charge is 2.52. The number of carbonyl (C=O) groups is 13. The molecule has 0 aromatic heterocycles. The molecule has 25 atom stereocenters. The van der Waals surface area contributed by atoms with Crippen LogP contribution in [-0.2, 0) is 137 Å². The van der Waals surface area contributed by atoms with Crippen LogP contribution in [-0.4, -0.2) is 284 Å². The molecule has 37 nitrogen and oxygen atoms in total. The number of hydrogen-bond donors (Lipinski definition) is 11. The van der Waals surface area contributed by atoms with Gasteiger partial charge in [-0.1, -0.05) is 59.4 Å². The number of aliphatic hydroxyl groups excluding tert-OH is 8. The molecule has 11 N–H and O–H groups in total. The van der Waals surface area contributed by atoms with Crippen LogP contribution in [0.4, 0.5) is 11.4 Å². The third-order valence-electron chi connectivity index (χ3n) is 18.8. The van der Waals surface area contributed by atoms with E-state index < -0.39 is 219 Å². The average molecular weight is 1980 g/mol. The molecule has 2 amide bonds. The first-order valence-corrected chi connectivity index (χ1v) is 42.5. The molecule has 0 aliphatic carbocycles. The maximum Gasteiger partial charge on any atom is 0.305 e.